The largest absolute Gasteiger partial charge is 0.494 e. The number of alkyl halides is 1. The molecule has 0 atom stereocenters. The van der Waals surface area contributed by atoms with Crippen molar-refractivity contribution in [3.63, 3.8) is 0 Å². The molecule has 0 bridgehead atoms. The minimum atomic E-state index is -0.526. The van der Waals surface area contributed by atoms with Crippen LogP contribution < -0.4 is 19.5 Å². The molecule has 0 saturated heterocycles. The van der Waals surface area contributed by atoms with Crippen molar-refractivity contribution in [1.82, 2.24) is 4.98 Å². The number of methoxy groups -OCH3 is 2. The molecule has 0 fully saturated rings. The quantitative estimate of drug-likeness (QED) is 0.250. The average molecular weight is 461 g/mol. The molecule has 160 valence electrons. The van der Waals surface area contributed by atoms with E-state index in [2.05, 4.69) is 10.3 Å². The first-order valence-electron chi connectivity index (χ1n) is 9.43. The van der Waals surface area contributed by atoms with Crippen molar-refractivity contribution >= 4 is 56.3 Å². The van der Waals surface area contributed by atoms with E-state index in [9.17, 15) is 4.39 Å². The number of nitrogens with zero attached hydrogens (tertiary/aromatic N) is 1. The maximum atomic E-state index is 13.9. The molecule has 4 rings (SSSR count). The SMILES string of the molecule is COc1cc(Nc2ccnc3cc4cc(OC)c(OCCCl)cc4cc23)c(Cl)cc1F. The fraction of sp³-hybridized carbons (Fsp3) is 0.174. The molecule has 4 aromatic rings. The van der Waals surface area contributed by atoms with Crippen molar-refractivity contribution in [2.45, 2.75) is 0 Å². The third-order valence-corrected chi connectivity index (χ3v) is 5.29. The highest BCUT2D eigenvalue weighted by Crippen LogP contribution is 2.37. The zero-order chi connectivity index (χ0) is 22.0. The lowest BCUT2D eigenvalue weighted by molar-refractivity contribution is 0.313. The van der Waals surface area contributed by atoms with Gasteiger partial charge in [0.2, 0.25) is 0 Å². The molecule has 3 aromatic carbocycles. The number of nitrogens with one attached hydrogen (secondary N) is 1. The van der Waals surface area contributed by atoms with Crippen LogP contribution in [0.2, 0.25) is 5.02 Å². The zero-order valence-electron chi connectivity index (χ0n) is 16.8. The maximum absolute atomic E-state index is 13.9. The van der Waals surface area contributed by atoms with Crippen molar-refractivity contribution < 1.29 is 18.6 Å². The molecule has 5 nitrogen and oxygen atoms in total. The van der Waals surface area contributed by atoms with Gasteiger partial charge in [-0.1, -0.05) is 11.6 Å². The molecule has 0 aliphatic rings. The topological polar surface area (TPSA) is 52.6 Å². The Hall–Kier alpha value is -2.96. The fourth-order valence-electron chi connectivity index (χ4n) is 3.36. The van der Waals surface area contributed by atoms with E-state index in [1.807, 2.05) is 30.3 Å². The van der Waals surface area contributed by atoms with E-state index in [0.29, 0.717) is 29.7 Å². The van der Waals surface area contributed by atoms with Gasteiger partial charge in [0.05, 0.1) is 36.3 Å². The summed E-state index contributed by atoms with van der Waals surface area (Å²) in [6.45, 7) is 0.371. The molecular weight excluding hydrogens is 442 g/mol. The summed E-state index contributed by atoms with van der Waals surface area (Å²) in [5, 5.41) is 6.26. The predicted molar refractivity (Wildman–Crippen MR) is 123 cm³/mol. The normalized spacial score (nSPS) is 11.0. The van der Waals surface area contributed by atoms with Crippen LogP contribution in [0.4, 0.5) is 15.8 Å². The van der Waals surface area contributed by atoms with Gasteiger partial charge in [-0.2, -0.15) is 0 Å². The van der Waals surface area contributed by atoms with Crippen molar-refractivity contribution in [1.29, 1.82) is 0 Å². The molecule has 0 aliphatic carbocycles. The number of rotatable bonds is 7. The highest BCUT2D eigenvalue weighted by atomic mass is 35.5. The first-order chi connectivity index (χ1) is 15.0. The van der Waals surface area contributed by atoms with Crippen LogP contribution in [0.5, 0.6) is 17.2 Å². The summed E-state index contributed by atoms with van der Waals surface area (Å²) in [6, 6.07) is 12.3. The van der Waals surface area contributed by atoms with Gasteiger partial charge in [0.25, 0.3) is 0 Å². The maximum Gasteiger partial charge on any atom is 0.166 e. The number of hydrogen-bond acceptors (Lipinski definition) is 5. The summed E-state index contributed by atoms with van der Waals surface area (Å²) in [5.74, 6) is 1.18. The zero-order valence-corrected chi connectivity index (χ0v) is 18.4. The summed E-state index contributed by atoms with van der Waals surface area (Å²) in [6.07, 6.45) is 1.69. The molecule has 1 heterocycles. The summed E-state index contributed by atoms with van der Waals surface area (Å²) >= 11 is 12.0. The van der Waals surface area contributed by atoms with E-state index in [0.717, 1.165) is 27.4 Å². The van der Waals surface area contributed by atoms with E-state index in [-0.39, 0.29) is 10.8 Å². The first-order valence-corrected chi connectivity index (χ1v) is 10.3. The van der Waals surface area contributed by atoms with Crippen molar-refractivity contribution in [3.8, 4) is 17.2 Å². The Morgan fingerprint density at radius 3 is 2.42 bits per heavy atom. The number of hydrogen-bond donors (Lipinski definition) is 1. The van der Waals surface area contributed by atoms with Gasteiger partial charge < -0.3 is 19.5 Å². The van der Waals surface area contributed by atoms with Crippen LogP contribution in [0.1, 0.15) is 0 Å². The van der Waals surface area contributed by atoms with E-state index in [1.54, 1.807) is 13.3 Å². The number of anilines is 2. The van der Waals surface area contributed by atoms with E-state index < -0.39 is 5.82 Å². The standard InChI is InChI=1S/C23H19Cl2FN2O3/c1-29-21-12-20(16(25)11-17(21)26)28-18-3-5-27-19-8-14-9-22(30-2)23(31-6-4-24)10-13(14)7-15(18)19/h3,5,7-12H,4,6H2,1-2H3,(H,27,28). The van der Waals surface area contributed by atoms with Crippen LogP contribution in [0.3, 0.4) is 0 Å². The highest BCUT2D eigenvalue weighted by Gasteiger charge is 2.13. The van der Waals surface area contributed by atoms with Gasteiger partial charge in [0.15, 0.2) is 23.1 Å². The van der Waals surface area contributed by atoms with Gasteiger partial charge in [-0.25, -0.2) is 4.39 Å². The smallest absolute Gasteiger partial charge is 0.166 e. The van der Waals surface area contributed by atoms with Crippen LogP contribution in [0.25, 0.3) is 21.7 Å². The monoisotopic (exact) mass is 460 g/mol. The molecule has 0 unspecified atom stereocenters. The minimum Gasteiger partial charge on any atom is -0.494 e. The number of benzene rings is 3. The van der Waals surface area contributed by atoms with Crippen LogP contribution >= 0.6 is 23.2 Å². The van der Waals surface area contributed by atoms with E-state index in [1.165, 1.54) is 19.2 Å². The van der Waals surface area contributed by atoms with Crippen molar-refractivity contribution in [2.75, 3.05) is 32.0 Å². The average Bonchev–Trinajstić information content (AvgIpc) is 2.77. The second-order valence-electron chi connectivity index (χ2n) is 6.71. The summed E-state index contributed by atoms with van der Waals surface area (Å²) in [4.78, 5) is 4.48. The number of fused-ring (bicyclic) bond motifs is 2. The second kappa shape index (κ2) is 9.04. The van der Waals surface area contributed by atoms with Gasteiger partial charge in [-0.3, -0.25) is 4.98 Å². The van der Waals surface area contributed by atoms with Gasteiger partial charge in [-0.05, 0) is 47.2 Å². The highest BCUT2D eigenvalue weighted by molar-refractivity contribution is 6.33. The molecule has 1 N–H and O–H groups in total. The van der Waals surface area contributed by atoms with Gasteiger partial charge in [0.1, 0.15) is 6.61 Å². The van der Waals surface area contributed by atoms with Crippen molar-refractivity contribution in [3.05, 3.63) is 59.5 Å². The van der Waals surface area contributed by atoms with Crippen LogP contribution in [0, 0.1) is 5.82 Å². The summed E-state index contributed by atoms with van der Waals surface area (Å²) < 4.78 is 30.1. The van der Waals surface area contributed by atoms with Crippen LogP contribution in [-0.2, 0) is 0 Å². The second-order valence-corrected chi connectivity index (χ2v) is 7.49. The summed E-state index contributed by atoms with van der Waals surface area (Å²) in [7, 11) is 3.00. The molecular formula is C23H19Cl2FN2O3. The summed E-state index contributed by atoms with van der Waals surface area (Å²) in [5.41, 5.74) is 2.06. The Kier molecular flexibility index (Phi) is 6.20. The molecule has 31 heavy (non-hydrogen) atoms. The molecule has 8 heteroatoms. The van der Waals surface area contributed by atoms with Gasteiger partial charge in [0, 0.05) is 23.3 Å². The third kappa shape index (κ3) is 4.27. The van der Waals surface area contributed by atoms with Crippen molar-refractivity contribution in [2.24, 2.45) is 0 Å². The Bertz CT molecular complexity index is 1270. The molecule has 0 amide bonds. The Morgan fingerprint density at radius 2 is 1.68 bits per heavy atom. The number of aromatic nitrogens is 1. The molecule has 0 aliphatic heterocycles. The van der Waals surface area contributed by atoms with Crippen LogP contribution in [-0.4, -0.2) is 31.7 Å². The fourth-order valence-corrected chi connectivity index (χ4v) is 3.63. The predicted octanol–water partition coefficient (Wildman–Crippen LogP) is 6.56. The minimum absolute atomic E-state index is 0.101. The number of ether oxygens (including phenoxy) is 3. The van der Waals surface area contributed by atoms with E-state index in [4.69, 9.17) is 37.4 Å². The lowest BCUT2D eigenvalue weighted by Gasteiger charge is -2.15. The molecule has 0 radical (unpaired) electrons. The number of halogens is 3. The molecule has 1 aromatic heterocycles. The Balaban J connectivity index is 1.82. The Morgan fingerprint density at radius 1 is 0.935 bits per heavy atom. The van der Waals surface area contributed by atoms with Gasteiger partial charge >= 0.3 is 0 Å². The number of pyridine rings is 1. The third-order valence-electron chi connectivity index (χ3n) is 4.83. The van der Waals surface area contributed by atoms with Crippen LogP contribution in [0.15, 0.2) is 48.7 Å². The van der Waals surface area contributed by atoms with E-state index >= 15 is 0 Å². The lowest BCUT2D eigenvalue weighted by atomic mass is 10.0. The van der Waals surface area contributed by atoms with Gasteiger partial charge in [-0.15, -0.1) is 11.6 Å². The molecule has 0 saturated carbocycles. The lowest BCUT2D eigenvalue weighted by Crippen LogP contribution is -2.00. The Labute approximate surface area is 188 Å². The first kappa shape index (κ1) is 21.3. The molecule has 0 spiro atoms.